The van der Waals surface area contributed by atoms with Crippen molar-refractivity contribution in [2.24, 2.45) is 5.92 Å². The molecule has 24 heavy (non-hydrogen) atoms. The molecule has 0 spiro atoms. The second-order valence-electron chi connectivity index (χ2n) is 7.24. The largest absolute Gasteiger partial charge is 0.444 e. The molecule has 0 radical (unpaired) electrons. The first kappa shape index (κ1) is 18.2. The Morgan fingerprint density at radius 3 is 2.50 bits per heavy atom. The number of hydrogen-bond acceptors (Lipinski definition) is 3. The Balaban J connectivity index is 1.73. The SMILES string of the molecule is CC(C)(C)OC(=O)NC1CCC(CNC(=O)c2ccc(F)cc2)C1. The van der Waals surface area contributed by atoms with E-state index < -0.39 is 11.7 Å². The standard InChI is InChI=1S/C18H25FN2O3/c1-18(2,3)24-17(23)21-15-9-4-12(10-15)11-20-16(22)13-5-7-14(19)8-6-13/h5-8,12,15H,4,9-11H2,1-3H3,(H,20,22)(H,21,23). The summed E-state index contributed by atoms with van der Waals surface area (Å²) in [6.45, 7) is 6.03. The van der Waals surface area contributed by atoms with E-state index in [9.17, 15) is 14.0 Å². The minimum atomic E-state index is -0.509. The highest BCUT2D eigenvalue weighted by Crippen LogP contribution is 2.25. The van der Waals surface area contributed by atoms with Crippen molar-refractivity contribution in [1.82, 2.24) is 10.6 Å². The maximum absolute atomic E-state index is 12.9. The molecule has 2 rings (SSSR count). The molecular weight excluding hydrogens is 311 g/mol. The van der Waals surface area contributed by atoms with E-state index in [-0.39, 0.29) is 17.8 Å². The topological polar surface area (TPSA) is 67.4 Å². The second-order valence-corrected chi connectivity index (χ2v) is 7.24. The fourth-order valence-corrected chi connectivity index (χ4v) is 2.81. The van der Waals surface area contributed by atoms with Crippen molar-refractivity contribution in [3.05, 3.63) is 35.6 Å². The molecule has 1 aromatic rings. The Labute approximate surface area is 142 Å². The van der Waals surface area contributed by atoms with Crippen LogP contribution in [0.4, 0.5) is 9.18 Å². The molecular formula is C18H25FN2O3. The summed E-state index contributed by atoms with van der Waals surface area (Å²) in [4.78, 5) is 23.8. The minimum Gasteiger partial charge on any atom is -0.444 e. The van der Waals surface area contributed by atoms with Crippen LogP contribution in [0.1, 0.15) is 50.4 Å². The maximum Gasteiger partial charge on any atom is 0.407 e. The number of nitrogens with one attached hydrogen (secondary N) is 2. The van der Waals surface area contributed by atoms with Gasteiger partial charge in [-0.1, -0.05) is 0 Å². The van der Waals surface area contributed by atoms with Crippen LogP contribution in [0, 0.1) is 11.7 Å². The summed E-state index contributed by atoms with van der Waals surface area (Å²) >= 11 is 0. The van der Waals surface area contributed by atoms with E-state index in [4.69, 9.17) is 4.74 Å². The quantitative estimate of drug-likeness (QED) is 0.887. The molecule has 1 aliphatic rings. The third-order valence-electron chi connectivity index (χ3n) is 3.92. The number of ether oxygens (including phenoxy) is 1. The fraction of sp³-hybridized carbons (Fsp3) is 0.556. The number of carbonyl (C=O) groups is 2. The van der Waals surface area contributed by atoms with Gasteiger partial charge in [0.15, 0.2) is 0 Å². The first-order valence-electron chi connectivity index (χ1n) is 8.26. The van der Waals surface area contributed by atoms with Crippen LogP contribution in [0.3, 0.4) is 0 Å². The Bertz CT molecular complexity index is 581. The van der Waals surface area contributed by atoms with Crippen molar-refractivity contribution in [3.8, 4) is 0 Å². The van der Waals surface area contributed by atoms with Gasteiger partial charge in [-0.05, 0) is 70.2 Å². The van der Waals surface area contributed by atoms with Gasteiger partial charge >= 0.3 is 6.09 Å². The van der Waals surface area contributed by atoms with Gasteiger partial charge in [-0.15, -0.1) is 0 Å². The molecule has 1 aliphatic carbocycles. The van der Waals surface area contributed by atoms with Gasteiger partial charge < -0.3 is 15.4 Å². The summed E-state index contributed by atoms with van der Waals surface area (Å²) in [6, 6.07) is 5.54. The van der Waals surface area contributed by atoms with Crippen molar-refractivity contribution < 1.29 is 18.7 Å². The predicted octanol–water partition coefficient (Wildman–Crippen LogP) is 3.25. The molecule has 6 heteroatoms. The van der Waals surface area contributed by atoms with Crippen molar-refractivity contribution in [1.29, 1.82) is 0 Å². The van der Waals surface area contributed by atoms with Gasteiger partial charge in [-0.25, -0.2) is 9.18 Å². The second kappa shape index (κ2) is 7.64. The van der Waals surface area contributed by atoms with Gasteiger partial charge in [-0.3, -0.25) is 4.79 Å². The lowest BCUT2D eigenvalue weighted by Crippen LogP contribution is -2.38. The van der Waals surface area contributed by atoms with Crippen LogP contribution in [0.15, 0.2) is 24.3 Å². The Morgan fingerprint density at radius 1 is 1.21 bits per heavy atom. The zero-order chi connectivity index (χ0) is 17.7. The molecule has 2 amide bonds. The lowest BCUT2D eigenvalue weighted by molar-refractivity contribution is 0.0504. The van der Waals surface area contributed by atoms with Gasteiger partial charge in [0.1, 0.15) is 11.4 Å². The molecule has 1 saturated carbocycles. The van der Waals surface area contributed by atoms with Crippen LogP contribution >= 0.6 is 0 Å². The molecule has 2 atom stereocenters. The summed E-state index contributed by atoms with van der Waals surface area (Å²) in [6.07, 6.45) is 2.21. The van der Waals surface area contributed by atoms with E-state index in [0.717, 1.165) is 19.3 Å². The van der Waals surface area contributed by atoms with E-state index in [1.54, 1.807) is 0 Å². The average Bonchev–Trinajstić information content (AvgIpc) is 2.91. The van der Waals surface area contributed by atoms with Crippen molar-refractivity contribution in [2.75, 3.05) is 6.54 Å². The van der Waals surface area contributed by atoms with Crippen molar-refractivity contribution in [2.45, 2.75) is 51.7 Å². The summed E-state index contributed by atoms with van der Waals surface area (Å²) in [7, 11) is 0. The van der Waals surface area contributed by atoms with E-state index in [1.807, 2.05) is 20.8 Å². The first-order valence-corrected chi connectivity index (χ1v) is 8.26. The smallest absolute Gasteiger partial charge is 0.407 e. The zero-order valence-electron chi connectivity index (χ0n) is 14.4. The number of halogens is 1. The molecule has 2 unspecified atom stereocenters. The number of hydrogen-bond donors (Lipinski definition) is 2. The van der Waals surface area contributed by atoms with Crippen LogP contribution in [0.25, 0.3) is 0 Å². The highest BCUT2D eigenvalue weighted by Gasteiger charge is 2.27. The van der Waals surface area contributed by atoms with E-state index in [1.165, 1.54) is 24.3 Å². The maximum atomic E-state index is 12.9. The Kier molecular flexibility index (Phi) is 5.80. The summed E-state index contributed by atoms with van der Waals surface area (Å²) < 4.78 is 18.1. The molecule has 5 nitrogen and oxygen atoms in total. The highest BCUT2D eigenvalue weighted by molar-refractivity contribution is 5.94. The third-order valence-corrected chi connectivity index (χ3v) is 3.92. The molecule has 0 aromatic heterocycles. The molecule has 1 fully saturated rings. The van der Waals surface area contributed by atoms with E-state index in [2.05, 4.69) is 10.6 Å². The predicted molar refractivity (Wildman–Crippen MR) is 89.2 cm³/mol. The van der Waals surface area contributed by atoms with E-state index >= 15 is 0 Å². The van der Waals surface area contributed by atoms with Gasteiger partial charge in [0.25, 0.3) is 5.91 Å². The average molecular weight is 336 g/mol. The lowest BCUT2D eigenvalue weighted by Gasteiger charge is -2.21. The number of rotatable bonds is 4. The minimum absolute atomic E-state index is 0.0765. The monoisotopic (exact) mass is 336 g/mol. The molecule has 132 valence electrons. The number of alkyl carbamates (subject to hydrolysis) is 1. The number of benzene rings is 1. The lowest BCUT2D eigenvalue weighted by atomic mass is 10.1. The van der Waals surface area contributed by atoms with Crippen molar-refractivity contribution in [3.63, 3.8) is 0 Å². The van der Waals surface area contributed by atoms with Gasteiger partial charge in [0.2, 0.25) is 0 Å². The normalized spacial score (nSPS) is 20.5. The van der Waals surface area contributed by atoms with Gasteiger partial charge in [-0.2, -0.15) is 0 Å². The third kappa shape index (κ3) is 5.83. The van der Waals surface area contributed by atoms with Crippen molar-refractivity contribution >= 4 is 12.0 Å². The zero-order valence-corrected chi connectivity index (χ0v) is 14.4. The van der Waals surface area contributed by atoms with Gasteiger partial charge in [0, 0.05) is 18.2 Å². The van der Waals surface area contributed by atoms with Crippen LogP contribution in [0.2, 0.25) is 0 Å². The van der Waals surface area contributed by atoms with Gasteiger partial charge in [0.05, 0.1) is 0 Å². The summed E-state index contributed by atoms with van der Waals surface area (Å²) in [5.41, 5.74) is -0.0663. The molecule has 2 N–H and O–H groups in total. The summed E-state index contributed by atoms with van der Waals surface area (Å²) in [5, 5.41) is 5.74. The first-order chi connectivity index (χ1) is 11.2. The van der Waals surface area contributed by atoms with E-state index in [0.29, 0.717) is 18.0 Å². The molecule has 0 bridgehead atoms. The Morgan fingerprint density at radius 2 is 1.88 bits per heavy atom. The van der Waals surface area contributed by atoms with Crippen LogP contribution in [0.5, 0.6) is 0 Å². The number of amides is 2. The van der Waals surface area contributed by atoms with Crippen LogP contribution < -0.4 is 10.6 Å². The highest BCUT2D eigenvalue weighted by atomic mass is 19.1. The fourth-order valence-electron chi connectivity index (χ4n) is 2.81. The number of carbonyl (C=O) groups excluding carboxylic acids is 2. The molecule has 1 aromatic carbocycles. The summed E-state index contributed by atoms with van der Waals surface area (Å²) in [5.74, 6) is -0.258. The molecule has 0 heterocycles. The van der Waals surface area contributed by atoms with Crippen LogP contribution in [-0.2, 0) is 4.74 Å². The Hall–Kier alpha value is -2.11. The molecule has 0 saturated heterocycles. The van der Waals surface area contributed by atoms with Crippen LogP contribution in [-0.4, -0.2) is 30.2 Å². The molecule has 0 aliphatic heterocycles.